The summed E-state index contributed by atoms with van der Waals surface area (Å²) in [5.41, 5.74) is 11.0. The molecule has 6 rings (SSSR count). The Kier molecular flexibility index (Phi) is 3.38. The van der Waals surface area contributed by atoms with Gasteiger partial charge in [-0.15, -0.1) is 0 Å². The minimum atomic E-state index is 0.207. The number of nitrogens with zero attached hydrogens (tertiary/aromatic N) is 6. The summed E-state index contributed by atoms with van der Waals surface area (Å²) in [7, 11) is 0. The number of nitrogens with one attached hydrogen (secondary N) is 2. The van der Waals surface area contributed by atoms with E-state index in [0.29, 0.717) is 0 Å². The second kappa shape index (κ2) is 6.08. The molecule has 0 radical (unpaired) electrons. The Balaban J connectivity index is 1.43. The van der Waals surface area contributed by atoms with Gasteiger partial charge in [-0.2, -0.15) is 5.10 Å². The smallest absolute Gasteiger partial charge is 0.155 e. The van der Waals surface area contributed by atoms with Gasteiger partial charge in [-0.25, -0.2) is 9.97 Å². The Bertz CT molecular complexity index is 1310. The zero-order valence-electron chi connectivity index (χ0n) is 15.4. The molecule has 1 fully saturated rings. The van der Waals surface area contributed by atoms with Crippen LogP contribution in [-0.4, -0.2) is 54.2 Å². The van der Waals surface area contributed by atoms with Gasteiger partial charge in [0.25, 0.3) is 0 Å². The van der Waals surface area contributed by atoms with Gasteiger partial charge < -0.3 is 15.6 Å². The number of hydrogen-bond donors (Lipinski definition) is 3. The average molecular weight is 383 g/mol. The Morgan fingerprint density at radius 3 is 2.86 bits per heavy atom. The van der Waals surface area contributed by atoms with Gasteiger partial charge in [0, 0.05) is 59.6 Å². The van der Waals surface area contributed by atoms with Crippen LogP contribution in [0.15, 0.2) is 49.2 Å². The Labute approximate surface area is 165 Å². The zero-order chi connectivity index (χ0) is 19.4. The van der Waals surface area contributed by atoms with Crippen molar-refractivity contribution in [2.45, 2.75) is 6.04 Å². The Morgan fingerprint density at radius 2 is 2.00 bits per heavy atom. The van der Waals surface area contributed by atoms with Gasteiger partial charge in [-0.05, 0) is 18.2 Å². The van der Waals surface area contributed by atoms with Gasteiger partial charge in [0.15, 0.2) is 5.65 Å². The third-order valence-corrected chi connectivity index (χ3v) is 5.24. The van der Waals surface area contributed by atoms with Crippen LogP contribution in [0.3, 0.4) is 0 Å². The molecule has 0 unspecified atom stereocenters. The molecule has 29 heavy (non-hydrogen) atoms. The summed E-state index contributed by atoms with van der Waals surface area (Å²) in [6.07, 6.45) is 8.90. The molecule has 1 aliphatic heterocycles. The summed E-state index contributed by atoms with van der Waals surface area (Å²) in [6.45, 7) is 1.60. The predicted octanol–water partition coefficient (Wildman–Crippen LogP) is 2.11. The SMILES string of the molecule is NC1CN(c2cncc(-c3cnc4[nH]nc(-c5cc6cnccc6[nH]5)c4c3)n2)C1. The van der Waals surface area contributed by atoms with Crippen LogP contribution in [0.1, 0.15) is 0 Å². The first-order valence-corrected chi connectivity index (χ1v) is 9.35. The number of aromatic nitrogens is 7. The van der Waals surface area contributed by atoms with Crippen molar-refractivity contribution in [3.8, 4) is 22.6 Å². The van der Waals surface area contributed by atoms with E-state index in [1.165, 1.54) is 0 Å². The van der Waals surface area contributed by atoms with Gasteiger partial charge in [-0.3, -0.25) is 15.1 Å². The lowest BCUT2D eigenvalue weighted by Gasteiger charge is -2.37. The highest BCUT2D eigenvalue weighted by Crippen LogP contribution is 2.30. The monoisotopic (exact) mass is 383 g/mol. The van der Waals surface area contributed by atoms with Crippen LogP contribution < -0.4 is 10.6 Å². The number of rotatable bonds is 3. The van der Waals surface area contributed by atoms with E-state index in [9.17, 15) is 0 Å². The van der Waals surface area contributed by atoms with Crippen molar-refractivity contribution < 1.29 is 0 Å². The van der Waals surface area contributed by atoms with Crippen LogP contribution in [0.4, 0.5) is 5.82 Å². The summed E-state index contributed by atoms with van der Waals surface area (Å²) >= 11 is 0. The van der Waals surface area contributed by atoms with Gasteiger partial charge in [0.2, 0.25) is 0 Å². The number of aromatic amines is 2. The number of H-pyrrole nitrogens is 2. The zero-order valence-corrected chi connectivity index (χ0v) is 15.4. The van der Waals surface area contributed by atoms with Crippen molar-refractivity contribution in [2.75, 3.05) is 18.0 Å². The maximum Gasteiger partial charge on any atom is 0.155 e. The van der Waals surface area contributed by atoms with E-state index in [-0.39, 0.29) is 6.04 Å². The summed E-state index contributed by atoms with van der Waals surface area (Å²) in [4.78, 5) is 23.3. The third-order valence-electron chi connectivity index (χ3n) is 5.24. The number of nitrogens with two attached hydrogens (primary N) is 1. The van der Waals surface area contributed by atoms with Crippen molar-refractivity contribution >= 4 is 27.8 Å². The first-order chi connectivity index (χ1) is 14.2. The van der Waals surface area contributed by atoms with Crippen LogP contribution in [-0.2, 0) is 0 Å². The summed E-state index contributed by atoms with van der Waals surface area (Å²) in [5, 5.41) is 9.44. The first kappa shape index (κ1) is 16.1. The van der Waals surface area contributed by atoms with Crippen molar-refractivity contribution in [3.05, 3.63) is 49.2 Å². The van der Waals surface area contributed by atoms with E-state index in [0.717, 1.165) is 63.5 Å². The van der Waals surface area contributed by atoms with E-state index < -0.39 is 0 Å². The second-order valence-electron chi connectivity index (χ2n) is 7.27. The summed E-state index contributed by atoms with van der Waals surface area (Å²) in [5.74, 6) is 0.833. The topological polar surface area (TPSA) is 125 Å². The second-order valence-corrected chi connectivity index (χ2v) is 7.27. The minimum absolute atomic E-state index is 0.207. The average Bonchev–Trinajstić information content (AvgIpc) is 3.34. The lowest BCUT2D eigenvalue weighted by Crippen LogP contribution is -2.56. The molecule has 5 aromatic rings. The maximum absolute atomic E-state index is 5.89. The molecule has 5 aromatic heterocycles. The highest BCUT2D eigenvalue weighted by Gasteiger charge is 2.24. The quantitative estimate of drug-likeness (QED) is 0.436. The van der Waals surface area contributed by atoms with Crippen LogP contribution in [0, 0.1) is 0 Å². The molecule has 1 saturated heterocycles. The molecule has 0 saturated carbocycles. The maximum atomic E-state index is 5.89. The number of pyridine rings is 2. The highest BCUT2D eigenvalue weighted by atomic mass is 15.3. The van der Waals surface area contributed by atoms with Crippen molar-refractivity contribution in [1.82, 2.24) is 35.1 Å². The van der Waals surface area contributed by atoms with Gasteiger partial charge >= 0.3 is 0 Å². The summed E-state index contributed by atoms with van der Waals surface area (Å²) in [6, 6.07) is 6.23. The highest BCUT2D eigenvalue weighted by molar-refractivity contribution is 5.95. The number of anilines is 1. The normalized spacial score (nSPS) is 14.6. The Morgan fingerprint density at radius 1 is 1.07 bits per heavy atom. The van der Waals surface area contributed by atoms with Crippen LogP contribution >= 0.6 is 0 Å². The van der Waals surface area contributed by atoms with E-state index in [1.54, 1.807) is 24.8 Å². The van der Waals surface area contributed by atoms with E-state index in [4.69, 9.17) is 10.7 Å². The molecule has 0 bridgehead atoms. The molecule has 6 heterocycles. The van der Waals surface area contributed by atoms with Gasteiger partial charge in [0.05, 0.1) is 23.8 Å². The molecular formula is C20H17N9. The molecule has 0 aliphatic carbocycles. The fourth-order valence-electron chi connectivity index (χ4n) is 3.70. The van der Waals surface area contributed by atoms with Crippen LogP contribution in [0.5, 0.6) is 0 Å². The van der Waals surface area contributed by atoms with E-state index in [1.807, 2.05) is 24.4 Å². The fraction of sp³-hybridized carbons (Fsp3) is 0.150. The van der Waals surface area contributed by atoms with Crippen LogP contribution in [0.2, 0.25) is 0 Å². The molecule has 0 spiro atoms. The fourth-order valence-corrected chi connectivity index (χ4v) is 3.70. The minimum Gasteiger partial charge on any atom is -0.353 e. The molecule has 142 valence electrons. The first-order valence-electron chi connectivity index (χ1n) is 9.35. The lowest BCUT2D eigenvalue weighted by atomic mass is 10.1. The third kappa shape index (κ3) is 2.63. The molecule has 9 nitrogen and oxygen atoms in total. The lowest BCUT2D eigenvalue weighted by molar-refractivity contribution is 0.514. The van der Waals surface area contributed by atoms with Gasteiger partial charge in [0.1, 0.15) is 11.5 Å². The van der Waals surface area contributed by atoms with Crippen molar-refractivity contribution in [2.24, 2.45) is 5.73 Å². The van der Waals surface area contributed by atoms with E-state index >= 15 is 0 Å². The molecule has 9 heteroatoms. The molecule has 0 atom stereocenters. The largest absolute Gasteiger partial charge is 0.353 e. The van der Waals surface area contributed by atoms with Crippen molar-refractivity contribution in [3.63, 3.8) is 0 Å². The number of fused-ring (bicyclic) bond motifs is 2. The molecular weight excluding hydrogens is 366 g/mol. The molecule has 0 aromatic carbocycles. The number of hydrogen-bond acceptors (Lipinski definition) is 7. The van der Waals surface area contributed by atoms with E-state index in [2.05, 4.69) is 35.0 Å². The van der Waals surface area contributed by atoms with Crippen molar-refractivity contribution in [1.29, 1.82) is 0 Å². The standard InChI is InChI=1S/C20H17N9/c21-13-9-29(10-13)18-8-23-7-17(26-18)11-3-14-19(27-28-20(14)24-6-11)16-4-12-5-22-2-1-15(12)25-16/h1-8,13,25H,9-10,21H2,(H,24,27,28). The predicted molar refractivity (Wildman–Crippen MR) is 110 cm³/mol. The van der Waals surface area contributed by atoms with Gasteiger partial charge in [-0.1, -0.05) is 0 Å². The molecule has 1 aliphatic rings. The molecule has 0 amide bonds. The Hall–Kier alpha value is -3.85. The molecule has 4 N–H and O–H groups in total. The summed E-state index contributed by atoms with van der Waals surface area (Å²) < 4.78 is 0. The van der Waals surface area contributed by atoms with Crippen LogP contribution in [0.25, 0.3) is 44.6 Å².